The van der Waals surface area contributed by atoms with Gasteiger partial charge < -0.3 is 14.6 Å². The molecular formula is C16H14O4. The molecule has 0 unspecified atom stereocenters. The van der Waals surface area contributed by atoms with Crippen LogP contribution in [0.25, 0.3) is 11.1 Å². The molecular weight excluding hydrogens is 256 g/mol. The Bertz CT molecular complexity index is 676. The van der Waals surface area contributed by atoms with Gasteiger partial charge in [0, 0.05) is 0 Å². The Morgan fingerprint density at radius 1 is 1.05 bits per heavy atom. The first-order chi connectivity index (χ1) is 9.65. The molecule has 0 fully saturated rings. The van der Waals surface area contributed by atoms with Gasteiger partial charge in [-0.1, -0.05) is 12.1 Å². The molecule has 4 nitrogen and oxygen atoms in total. The molecule has 1 aliphatic rings. The lowest BCUT2D eigenvalue weighted by Gasteiger charge is -2.19. The van der Waals surface area contributed by atoms with Crippen molar-refractivity contribution in [3.8, 4) is 22.6 Å². The molecule has 20 heavy (non-hydrogen) atoms. The standard InChI is InChI=1S/C16H14O4/c1-10-8-12(16(17)18)2-4-13(10)11-3-5-14-15(9-11)20-7-6-19-14/h2-5,8-9H,6-7H2,1H3,(H,17,18). The van der Waals surface area contributed by atoms with Crippen LogP contribution in [-0.2, 0) is 0 Å². The van der Waals surface area contributed by atoms with E-state index >= 15 is 0 Å². The normalized spacial score (nSPS) is 13.1. The average molecular weight is 270 g/mol. The molecule has 4 heteroatoms. The van der Waals surface area contributed by atoms with Gasteiger partial charge in [0.2, 0.25) is 0 Å². The number of aromatic carboxylic acids is 1. The van der Waals surface area contributed by atoms with Crippen LogP contribution in [0.2, 0.25) is 0 Å². The van der Waals surface area contributed by atoms with Crippen molar-refractivity contribution in [3.63, 3.8) is 0 Å². The minimum atomic E-state index is -0.915. The summed E-state index contributed by atoms with van der Waals surface area (Å²) in [5, 5.41) is 8.99. The van der Waals surface area contributed by atoms with Crippen LogP contribution in [0.5, 0.6) is 11.5 Å². The van der Waals surface area contributed by atoms with E-state index in [1.807, 2.05) is 31.2 Å². The van der Waals surface area contributed by atoms with E-state index in [0.717, 1.165) is 28.2 Å². The largest absolute Gasteiger partial charge is 0.486 e. The summed E-state index contributed by atoms with van der Waals surface area (Å²) in [6.07, 6.45) is 0. The average Bonchev–Trinajstić information content (AvgIpc) is 2.46. The van der Waals surface area contributed by atoms with Gasteiger partial charge in [0.1, 0.15) is 13.2 Å². The zero-order chi connectivity index (χ0) is 14.1. The molecule has 0 amide bonds. The lowest BCUT2D eigenvalue weighted by Crippen LogP contribution is -2.15. The summed E-state index contributed by atoms with van der Waals surface area (Å²) in [6.45, 7) is 3.02. The van der Waals surface area contributed by atoms with Crippen molar-refractivity contribution in [2.45, 2.75) is 6.92 Å². The van der Waals surface area contributed by atoms with Crippen molar-refractivity contribution in [1.82, 2.24) is 0 Å². The van der Waals surface area contributed by atoms with Crippen LogP contribution in [-0.4, -0.2) is 24.3 Å². The summed E-state index contributed by atoms with van der Waals surface area (Å²) in [5.41, 5.74) is 3.20. The van der Waals surface area contributed by atoms with E-state index < -0.39 is 5.97 Å². The molecule has 0 aliphatic carbocycles. The SMILES string of the molecule is Cc1cc(C(=O)O)ccc1-c1ccc2c(c1)OCCO2. The van der Waals surface area contributed by atoms with Crippen LogP contribution in [0.1, 0.15) is 15.9 Å². The first-order valence-corrected chi connectivity index (χ1v) is 6.39. The number of carboxylic acid groups (broad SMARTS) is 1. The minimum Gasteiger partial charge on any atom is -0.486 e. The van der Waals surface area contributed by atoms with Crippen LogP contribution in [0.4, 0.5) is 0 Å². The molecule has 1 heterocycles. The predicted molar refractivity (Wildman–Crippen MR) is 74.6 cm³/mol. The van der Waals surface area contributed by atoms with Gasteiger partial charge in [-0.05, 0) is 47.9 Å². The number of fused-ring (bicyclic) bond motifs is 1. The number of ether oxygens (including phenoxy) is 2. The first-order valence-electron chi connectivity index (χ1n) is 6.39. The van der Waals surface area contributed by atoms with Gasteiger partial charge in [-0.3, -0.25) is 0 Å². The number of benzene rings is 2. The summed E-state index contributed by atoms with van der Waals surface area (Å²) >= 11 is 0. The highest BCUT2D eigenvalue weighted by Crippen LogP contribution is 2.35. The number of hydrogen-bond acceptors (Lipinski definition) is 3. The van der Waals surface area contributed by atoms with E-state index in [1.54, 1.807) is 12.1 Å². The topological polar surface area (TPSA) is 55.8 Å². The van der Waals surface area contributed by atoms with Gasteiger partial charge in [-0.25, -0.2) is 4.79 Å². The number of carboxylic acids is 1. The first kappa shape index (κ1) is 12.5. The van der Waals surface area contributed by atoms with E-state index in [9.17, 15) is 4.79 Å². The fraction of sp³-hybridized carbons (Fsp3) is 0.188. The van der Waals surface area contributed by atoms with Crippen molar-refractivity contribution in [2.24, 2.45) is 0 Å². The minimum absolute atomic E-state index is 0.295. The van der Waals surface area contributed by atoms with Gasteiger partial charge in [-0.2, -0.15) is 0 Å². The Hall–Kier alpha value is -2.49. The maximum atomic E-state index is 11.0. The maximum absolute atomic E-state index is 11.0. The van der Waals surface area contributed by atoms with Crippen LogP contribution in [0.3, 0.4) is 0 Å². The zero-order valence-corrected chi connectivity index (χ0v) is 11.1. The van der Waals surface area contributed by atoms with Crippen molar-refractivity contribution in [1.29, 1.82) is 0 Å². The second-order valence-electron chi connectivity index (χ2n) is 4.69. The Balaban J connectivity index is 2.02. The predicted octanol–water partition coefficient (Wildman–Crippen LogP) is 3.13. The molecule has 1 N–H and O–H groups in total. The van der Waals surface area contributed by atoms with Gasteiger partial charge in [0.25, 0.3) is 0 Å². The maximum Gasteiger partial charge on any atom is 0.335 e. The van der Waals surface area contributed by atoms with Crippen LogP contribution < -0.4 is 9.47 Å². The molecule has 102 valence electrons. The van der Waals surface area contributed by atoms with Crippen molar-refractivity contribution in [3.05, 3.63) is 47.5 Å². The molecule has 0 spiro atoms. The van der Waals surface area contributed by atoms with Crippen molar-refractivity contribution >= 4 is 5.97 Å². The molecule has 3 rings (SSSR count). The monoisotopic (exact) mass is 270 g/mol. The lowest BCUT2D eigenvalue weighted by atomic mass is 9.98. The number of aryl methyl sites for hydroxylation is 1. The molecule has 1 aliphatic heterocycles. The third-order valence-electron chi connectivity index (χ3n) is 3.33. The van der Waals surface area contributed by atoms with E-state index in [4.69, 9.17) is 14.6 Å². The summed E-state index contributed by atoms with van der Waals surface area (Å²) in [5.74, 6) is 0.567. The highest BCUT2D eigenvalue weighted by atomic mass is 16.6. The molecule has 0 saturated carbocycles. The summed E-state index contributed by atoms with van der Waals surface area (Å²) in [6, 6.07) is 10.9. The second kappa shape index (κ2) is 4.89. The molecule has 2 aromatic carbocycles. The van der Waals surface area contributed by atoms with Crippen LogP contribution in [0, 0.1) is 6.92 Å². The molecule has 0 radical (unpaired) electrons. The summed E-state index contributed by atoms with van der Waals surface area (Å²) in [4.78, 5) is 11.0. The number of rotatable bonds is 2. The fourth-order valence-corrected chi connectivity index (χ4v) is 2.33. The Morgan fingerprint density at radius 3 is 2.50 bits per heavy atom. The Labute approximate surface area is 116 Å². The molecule has 0 saturated heterocycles. The van der Waals surface area contributed by atoms with E-state index in [-0.39, 0.29) is 0 Å². The van der Waals surface area contributed by atoms with E-state index in [2.05, 4.69) is 0 Å². The van der Waals surface area contributed by atoms with Crippen LogP contribution in [0.15, 0.2) is 36.4 Å². The lowest BCUT2D eigenvalue weighted by molar-refractivity contribution is 0.0697. The quantitative estimate of drug-likeness (QED) is 0.910. The van der Waals surface area contributed by atoms with Gasteiger partial charge in [0.05, 0.1) is 5.56 Å². The third-order valence-corrected chi connectivity index (χ3v) is 3.33. The highest BCUT2D eigenvalue weighted by molar-refractivity contribution is 5.89. The molecule has 2 aromatic rings. The summed E-state index contributed by atoms with van der Waals surface area (Å²) < 4.78 is 11.1. The van der Waals surface area contributed by atoms with E-state index in [0.29, 0.717) is 18.8 Å². The fourth-order valence-electron chi connectivity index (χ4n) is 2.33. The Morgan fingerprint density at radius 2 is 1.80 bits per heavy atom. The smallest absolute Gasteiger partial charge is 0.335 e. The van der Waals surface area contributed by atoms with Crippen molar-refractivity contribution < 1.29 is 19.4 Å². The van der Waals surface area contributed by atoms with Gasteiger partial charge in [-0.15, -0.1) is 0 Å². The molecule has 0 atom stereocenters. The second-order valence-corrected chi connectivity index (χ2v) is 4.69. The van der Waals surface area contributed by atoms with E-state index in [1.165, 1.54) is 0 Å². The van der Waals surface area contributed by atoms with Gasteiger partial charge >= 0.3 is 5.97 Å². The van der Waals surface area contributed by atoms with Gasteiger partial charge in [0.15, 0.2) is 11.5 Å². The number of carbonyl (C=O) groups is 1. The van der Waals surface area contributed by atoms with Crippen LogP contribution >= 0.6 is 0 Å². The summed E-state index contributed by atoms with van der Waals surface area (Å²) in [7, 11) is 0. The highest BCUT2D eigenvalue weighted by Gasteiger charge is 2.14. The molecule has 0 aromatic heterocycles. The molecule has 0 bridgehead atoms. The zero-order valence-electron chi connectivity index (χ0n) is 11.1. The van der Waals surface area contributed by atoms with Crippen molar-refractivity contribution in [2.75, 3.05) is 13.2 Å². The Kier molecular flexibility index (Phi) is 3.06. The number of hydrogen-bond donors (Lipinski definition) is 1. The third kappa shape index (κ3) is 2.20.